The van der Waals surface area contributed by atoms with Crippen LogP contribution in [-0.2, 0) is 0 Å². The lowest BCUT2D eigenvalue weighted by Gasteiger charge is -2.01. The molecule has 4 heteroatoms. The third kappa shape index (κ3) is 1.21. The molecule has 0 aliphatic carbocycles. The van der Waals surface area contributed by atoms with Crippen LogP contribution in [0.2, 0.25) is 0 Å². The number of hydrogen-bond donors (Lipinski definition) is 1. The topological polar surface area (TPSA) is 50.9 Å². The first-order valence-electron chi connectivity index (χ1n) is 4.10. The minimum absolute atomic E-state index is 0.259. The van der Waals surface area contributed by atoms with Crippen molar-refractivity contribution < 1.29 is 14.6 Å². The summed E-state index contributed by atoms with van der Waals surface area (Å²) >= 11 is 0. The van der Waals surface area contributed by atoms with Crippen molar-refractivity contribution in [3.63, 3.8) is 0 Å². The van der Waals surface area contributed by atoms with Crippen molar-refractivity contribution in [3.05, 3.63) is 36.2 Å². The summed E-state index contributed by atoms with van der Waals surface area (Å²) in [5.74, 6) is -0.268. The quantitative estimate of drug-likeness (QED) is 0.785. The highest BCUT2D eigenvalue weighted by molar-refractivity contribution is 5.90. The molecule has 72 valence electrons. The predicted octanol–water partition coefficient (Wildman–Crippen LogP) is 1.65. The maximum Gasteiger partial charge on any atom is 0.337 e. The van der Waals surface area contributed by atoms with Crippen LogP contribution in [0.15, 0.2) is 30.6 Å². The van der Waals surface area contributed by atoms with Gasteiger partial charge in [0, 0.05) is 12.4 Å². The van der Waals surface area contributed by atoms with Gasteiger partial charge in [0.2, 0.25) is 0 Å². The lowest BCUT2D eigenvalue weighted by atomic mass is 10.3. The molecule has 2 aromatic rings. The van der Waals surface area contributed by atoms with Crippen molar-refractivity contribution in [2.24, 2.45) is 0 Å². The molecule has 0 fully saturated rings. The molecular formula is C10H9NO3. The second-order valence-corrected chi connectivity index (χ2v) is 2.90. The summed E-state index contributed by atoms with van der Waals surface area (Å²) < 4.78 is 6.83. The average Bonchev–Trinajstić information content (AvgIpc) is 2.60. The number of carboxylic acid groups (broad SMARTS) is 1. The number of methoxy groups -OCH3 is 1. The molecule has 0 saturated heterocycles. The number of carboxylic acids is 1. The first-order valence-corrected chi connectivity index (χ1v) is 4.10. The van der Waals surface area contributed by atoms with E-state index in [1.165, 1.54) is 0 Å². The van der Waals surface area contributed by atoms with Crippen LogP contribution in [-0.4, -0.2) is 22.6 Å². The van der Waals surface area contributed by atoms with Crippen molar-refractivity contribution in [2.75, 3.05) is 7.11 Å². The number of carbonyl (C=O) groups is 1. The van der Waals surface area contributed by atoms with Crippen LogP contribution >= 0.6 is 0 Å². The van der Waals surface area contributed by atoms with E-state index in [-0.39, 0.29) is 5.56 Å². The van der Waals surface area contributed by atoms with Gasteiger partial charge in [0.15, 0.2) is 0 Å². The highest BCUT2D eigenvalue weighted by atomic mass is 16.5. The van der Waals surface area contributed by atoms with E-state index in [4.69, 9.17) is 9.84 Å². The molecule has 2 aromatic heterocycles. The van der Waals surface area contributed by atoms with Crippen LogP contribution in [0.25, 0.3) is 5.52 Å². The minimum atomic E-state index is -0.934. The van der Waals surface area contributed by atoms with Gasteiger partial charge in [0.1, 0.15) is 5.75 Å². The third-order valence-electron chi connectivity index (χ3n) is 2.06. The zero-order chi connectivity index (χ0) is 10.1. The molecule has 4 nitrogen and oxygen atoms in total. The van der Waals surface area contributed by atoms with Gasteiger partial charge in [-0.25, -0.2) is 4.79 Å². The highest BCUT2D eigenvalue weighted by Crippen LogP contribution is 2.21. The fourth-order valence-electron chi connectivity index (χ4n) is 1.40. The maximum absolute atomic E-state index is 10.7. The van der Waals surface area contributed by atoms with E-state index < -0.39 is 5.97 Å². The molecule has 2 rings (SSSR count). The third-order valence-corrected chi connectivity index (χ3v) is 2.06. The molecular weight excluding hydrogens is 182 g/mol. The Morgan fingerprint density at radius 2 is 2.36 bits per heavy atom. The normalized spacial score (nSPS) is 10.4. The number of nitrogens with zero attached hydrogens (tertiary/aromatic N) is 1. The van der Waals surface area contributed by atoms with E-state index >= 15 is 0 Å². The smallest absolute Gasteiger partial charge is 0.337 e. The first-order chi connectivity index (χ1) is 6.72. The largest absolute Gasteiger partial charge is 0.495 e. The number of ether oxygens (including phenoxy) is 1. The van der Waals surface area contributed by atoms with Crippen molar-refractivity contribution >= 4 is 11.5 Å². The molecule has 0 atom stereocenters. The Balaban J connectivity index is 2.70. The van der Waals surface area contributed by atoms with Crippen LogP contribution in [0.4, 0.5) is 0 Å². The van der Waals surface area contributed by atoms with Crippen LogP contribution < -0.4 is 4.74 Å². The molecule has 0 unspecified atom stereocenters. The fraction of sp³-hybridized carbons (Fsp3) is 0.100. The van der Waals surface area contributed by atoms with Gasteiger partial charge in [0.25, 0.3) is 0 Å². The van der Waals surface area contributed by atoms with E-state index in [2.05, 4.69) is 0 Å². The Morgan fingerprint density at radius 1 is 1.57 bits per heavy atom. The van der Waals surface area contributed by atoms with E-state index in [0.29, 0.717) is 5.75 Å². The van der Waals surface area contributed by atoms with Crippen LogP contribution in [0.5, 0.6) is 5.75 Å². The number of aromatic carboxylic acids is 1. The van der Waals surface area contributed by atoms with Crippen molar-refractivity contribution in [1.29, 1.82) is 0 Å². The van der Waals surface area contributed by atoms with E-state index in [1.54, 1.807) is 42.1 Å². The average molecular weight is 191 g/mol. The van der Waals surface area contributed by atoms with Gasteiger partial charge in [-0.2, -0.15) is 0 Å². The number of hydrogen-bond acceptors (Lipinski definition) is 2. The van der Waals surface area contributed by atoms with Gasteiger partial charge in [-0.05, 0) is 18.2 Å². The number of pyridine rings is 1. The molecule has 0 spiro atoms. The lowest BCUT2D eigenvalue weighted by Crippen LogP contribution is -1.91. The van der Waals surface area contributed by atoms with Gasteiger partial charge >= 0.3 is 5.97 Å². The van der Waals surface area contributed by atoms with E-state index in [1.807, 2.05) is 0 Å². The summed E-state index contributed by atoms with van der Waals surface area (Å²) in [6.07, 6.45) is 3.34. The molecule has 0 aromatic carbocycles. The Morgan fingerprint density at radius 3 is 3.00 bits per heavy atom. The number of fused-ring (bicyclic) bond motifs is 1. The van der Waals surface area contributed by atoms with Crippen molar-refractivity contribution in [1.82, 2.24) is 4.40 Å². The van der Waals surface area contributed by atoms with Crippen LogP contribution in [0.1, 0.15) is 10.4 Å². The Kier molecular flexibility index (Phi) is 1.89. The molecule has 1 N–H and O–H groups in total. The zero-order valence-corrected chi connectivity index (χ0v) is 7.60. The molecule has 0 amide bonds. The summed E-state index contributed by atoms with van der Waals surface area (Å²) in [5.41, 5.74) is 1.02. The molecule has 0 aliphatic rings. The van der Waals surface area contributed by atoms with E-state index in [0.717, 1.165) is 5.52 Å². The molecule has 2 heterocycles. The van der Waals surface area contributed by atoms with Gasteiger partial charge < -0.3 is 14.2 Å². The Bertz CT molecular complexity index is 487. The van der Waals surface area contributed by atoms with Gasteiger partial charge in [-0.3, -0.25) is 0 Å². The van der Waals surface area contributed by atoms with Crippen molar-refractivity contribution in [2.45, 2.75) is 0 Å². The molecule has 0 saturated carbocycles. The highest BCUT2D eigenvalue weighted by Gasteiger charge is 2.08. The monoisotopic (exact) mass is 191 g/mol. The first kappa shape index (κ1) is 8.62. The Hall–Kier alpha value is -1.97. The van der Waals surface area contributed by atoms with Gasteiger partial charge in [-0.1, -0.05) is 0 Å². The standard InChI is InChI=1S/C10H9NO3/c1-14-9-3-2-4-11-6-7(10(12)13)5-8(9)11/h2-6H,1H3,(H,12,13). The second-order valence-electron chi connectivity index (χ2n) is 2.90. The summed E-state index contributed by atoms with van der Waals surface area (Å²) in [6.45, 7) is 0. The lowest BCUT2D eigenvalue weighted by molar-refractivity contribution is 0.0697. The summed E-state index contributed by atoms with van der Waals surface area (Å²) in [7, 11) is 1.56. The minimum Gasteiger partial charge on any atom is -0.495 e. The SMILES string of the molecule is COc1cccn2cc(C(=O)O)cc12. The number of rotatable bonds is 2. The van der Waals surface area contributed by atoms with Gasteiger partial charge in [0.05, 0.1) is 18.2 Å². The Labute approximate surface area is 80.3 Å². The number of aromatic nitrogens is 1. The molecule has 14 heavy (non-hydrogen) atoms. The predicted molar refractivity (Wildman–Crippen MR) is 50.9 cm³/mol. The maximum atomic E-state index is 10.7. The van der Waals surface area contributed by atoms with E-state index in [9.17, 15) is 4.79 Å². The molecule has 0 aliphatic heterocycles. The zero-order valence-electron chi connectivity index (χ0n) is 7.60. The molecule has 0 bridgehead atoms. The summed E-state index contributed by atoms with van der Waals surface area (Å²) in [4.78, 5) is 10.7. The van der Waals surface area contributed by atoms with Crippen LogP contribution in [0.3, 0.4) is 0 Å². The molecule has 0 radical (unpaired) electrons. The summed E-state index contributed by atoms with van der Waals surface area (Å²) in [5, 5.41) is 8.80. The second kappa shape index (κ2) is 3.06. The fourth-order valence-corrected chi connectivity index (χ4v) is 1.40. The van der Waals surface area contributed by atoms with Gasteiger partial charge in [-0.15, -0.1) is 0 Å². The summed E-state index contributed by atoms with van der Waals surface area (Å²) in [6, 6.07) is 5.18. The van der Waals surface area contributed by atoms with Crippen LogP contribution in [0, 0.1) is 0 Å². The van der Waals surface area contributed by atoms with Crippen molar-refractivity contribution in [3.8, 4) is 5.75 Å².